The Hall–Kier alpha value is -2.74. The monoisotopic (exact) mass is 358 g/mol. The SMILES string of the molecule is Cc1ccc(C)c(-c2ccc3nc(NC(=O)CS(C)(=O)=O)nn3c2)c1. The van der Waals surface area contributed by atoms with Gasteiger partial charge in [-0.1, -0.05) is 23.8 Å². The average molecular weight is 358 g/mol. The van der Waals surface area contributed by atoms with Crippen LogP contribution in [0.15, 0.2) is 36.5 Å². The zero-order valence-electron chi connectivity index (χ0n) is 14.1. The Labute approximate surface area is 145 Å². The number of anilines is 1. The van der Waals surface area contributed by atoms with E-state index in [1.807, 2.05) is 26.1 Å². The Morgan fingerprint density at radius 3 is 2.68 bits per heavy atom. The highest BCUT2D eigenvalue weighted by atomic mass is 32.2. The molecule has 1 N–H and O–H groups in total. The number of hydrogen-bond donors (Lipinski definition) is 1. The Bertz CT molecular complexity index is 1070. The van der Waals surface area contributed by atoms with Crippen LogP contribution in [0.4, 0.5) is 5.95 Å². The third-order valence-electron chi connectivity index (χ3n) is 3.68. The van der Waals surface area contributed by atoms with Crippen molar-refractivity contribution in [3.8, 4) is 11.1 Å². The van der Waals surface area contributed by atoms with E-state index in [0.29, 0.717) is 5.65 Å². The summed E-state index contributed by atoms with van der Waals surface area (Å²) in [5.41, 5.74) is 4.94. The highest BCUT2D eigenvalue weighted by Crippen LogP contribution is 2.25. The van der Waals surface area contributed by atoms with E-state index in [4.69, 9.17) is 0 Å². The second-order valence-electron chi connectivity index (χ2n) is 6.09. The quantitative estimate of drug-likeness (QED) is 0.770. The van der Waals surface area contributed by atoms with Crippen LogP contribution in [0.1, 0.15) is 11.1 Å². The van der Waals surface area contributed by atoms with Gasteiger partial charge >= 0.3 is 0 Å². The van der Waals surface area contributed by atoms with Crippen molar-refractivity contribution < 1.29 is 13.2 Å². The van der Waals surface area contributed by atoms with Crippen molar-refractivity contribution in [3.63, 3.8) is 0 Å². The summed E-state index contributed by atoms with van der Waals surface area (Å²) in [7, 11) is -3.40. The Kier molecular flexibility index (Phi) is 4.30. The summed E-state index contributed by atoms with van der Waals surface area (Å²) >= 11 is 0. The van der Waals surface area contributed by atoms with Gasteiger partial charge in [-0.05, 0) is 37.1 Å². The first-order chi connectivity index (χ1) is 11.7. The van der Waals surface area contributed by atoms with E-state index in [0.717, 1.165) is 28.5 Å². The fraction of sp³-hybridized carbons (Fsp3) is 0.235. The van der Waals surface area contributed by atoms with Gasteiger partial charge in [0, 0.05) is 18.0 Å². The summed E-state index contributed by atoms with van der Waals surface area (Å²) in [5, 5.41) is 6.61. The largest absolute Gasteiger partial charge is 0.292 e. The second-order valence-corrected chi connectivity index (χ2v) is 8.23. The molecule has 2 aromatic heterocycles. The first-order valence-electron chi connectivity index (χ1n) is 7.63. The molecule has 0 fully saturated rings. The van der Waals surface area contributed by atoms with Crippen molar-refractivity contribution in [2.45, 2.75) is 13.8 Å². The van der Waals surface area contributed by atoms with Crippen molar-refractivity contribution in [2.24, 2.45) is 0 Å². The van der Waals surface area contributed by atoms with Crippen LogP contribution < -0.4 is 5.32 Å². The number of amides is 1. The summed E-state index contributed by atoms with van der Waals surface area (Å²) in [5.74, 6) is -1.18. The second kappa shape index (κ2) is 6.29. The first kappa shape index (κ1) is 17.1. The molecule has 2 heterocycles. The highest BCUT2D eigenvalue weighted by molar-refractivity contribution is 7.91. The van der Waals surface area contributed by atoms with E-state index in [-0.39, 0.29) is 5.95 Å². The van der Waals surface area contributed by atoms with Crippen LogP contribution in [0.25, 0.3) is 16.8 Å². The molecule has 0 atom stereocenters. The fourth-order valence-corrected chi connectivity index (χ4v) is 3.09. The molecule has 0 saturated heterocycles. The number of pyridine rings is 1. The van der Waals surface area contributed by atoms with Gasteiger partial charge in [0.15, 0.2) is 15.5 Å². The molecule has 25 heavy (non-hydrogen) atoms. The van der Waals surface area contributed by atoms with Crippen molar-refractivity contribution in [1.29, 1.82) is 0 Å². The molecule has 3 aromatic rings. The number of nitrogens with one attached hydrogen (secondary N) is 1. The molecule has 0 spiro atoms. The molecule has 7 nitrogen and oxygen atoms in total. The third-order valence-corrected chi connectivity index (χ3v) is 4.47. The standard InChI is InChI=1S/C17H18N4O3S/c1-11-4-5-12(2)14(8-11)13-6-7-15-18-17(20-21(15)9-13)19-16(22)10-25(3,23)24/h4-9H,10H2,1-3H3,(H,19,20,22). The molecule has 0 saturated carbocycles. The van der Waals surface area contributed by atoms with E-state index < -0.39 is 21.5 Å². The predicted molar refractivity (Wildman–Crippen MR) is 96.2 cm³/mol. The number of carbonyl (C=O) groups is 1. The van der Waals surface area contributed by atoms with Gasteiger partial charge in [-0.2, -0.15) is 4.98 Å². The van der Waals surface area contributed by atoms with Crippen LogP contribution in [0.3, 0.4) is 0 Å². The number of carbonyl (C=O) groups excluding carboxylic acids is 1. The van der Waals surface area contributed by atoms with Gasteiger partial charge in [0.2, 0.25) is 11.9 Å². The normalized spacial score (nSPS) is 11.6. The third kappa shape index (κ3) is 4.03. The molecular weight excluding hydrogens is 340 g/mol. The van der Waals surface area contributed by atoms with Crippen LogP contribution in [0, 0.1) is 13.8 Å². The topological polar surface area (TPSA) is 93.4 Å². The molecule has 0 radical (unpaired) electrons. The van der Waals surface area contributed by atoms with Gasteiger partial charge in [0.1, 0.15) is 5.75 Å². The highest BCUT2D eigenvalue weighted by Gasteiger charge is 2.14. The number of aryl methyl sites for hydroxylation is 2. The fourth-order valence-electron chi connectivity index (χ4n) is 2.54. The predicted octanol–water partition coefficient (Wildman–Crippen LogP) is 2.00. The van der Waals surface area contributed by atoms with Gasteiger partial charge in [0.25, 0.3) is 0 Å². The lowest BCUT2D eigenvalue weighted by molar-refractivity contribution is -0.113. The number of benzene rings is 1. The van der Waals surface area contributed by atoms with Crippen LogP contribution in [-0.2, 0) is 14.6 Å². The van der Waals surface area contributed by atoms with E-state index >= 15 is 0 Å². The lowest BCUT2D eigenvalue weighted by atomic mass is 10.00. The van der Waals surface area contributed by atoms with Crippen LogP contribution >= 0.6 is 0 Å². The molecule has 0 aliphatic carbocycles. The minimum Gasteiger partial charge on any atom is -0.292 e. The number of sulfone groups is 1. The number of fused-ring (bicyclic) bond motifs is 1. The molecule has 0 aliphatic rings. The zero-order valence-corrected chi connectivity index (χ0v) is 15.0. The molecule has 1 amide bonds. The molecule has 0 unspecified atom stereocenters. The lowest BCUT2D eigenvalue weighted by Gasteiger charge is -2.07. The van der Waals surface area contributed by atoms with E-state index in [1.54, 1.807) is 10.6 Å². The van der Waals surface area contributed by atoms with Gasteiger partial charge in [-0.3, -0.25) is 10.1 Å². The first-order valence-corrected chi connectivity index (χ1v) is 9.69. The van der Waals surface area contributed by atoms with Crippen LogP contribution in [0.5, 0.6) is 0 Å². The molecule has 130 valence electrons. The Balaban J connectivity index is 1.92. The number of hydrogen-bond acceptors (Lipinski definition) is 5. The summed E-state index contributed by atoms with van der Waals surface area (Å²) < 4.78 is 23.9. The maximum absolute atomic E-state index is 11.7. The summed E-state index contributed by atoms with van der Waals surface area (Å²) in [6.07, 6.45) is 2.83. The van der Waals surface area contributed by atoms with E-state index in [9.17, 15) is 13.2 Å². The summed E-state index contributed by atoms with van der Waals surface area (Å²) in [6, 6.07) is 9.96. The zero-order chi connectivity index (χ0) is 18.2. The van der Waals surface area contributed by atoms with E-state index in [2.05, 4.69) is 33.6 Å². The average Bonchev–Trinajstić information content (AvgIpc) is 2.88. The maximum Gasteiger partial charge on any atom is 0.249 e. The van der Waals surface area contributed by atoms with E-state index in [1.165, 1.54) is 0 Å². The minimum atomic E-state index is -3.40. The maximum atomic E-state index is 11.7. The van der Waals surface area contributed by atoms with Gasteiger partial charge < -0.3 is 0 Å². The molecule has 0 bridgehead atoms. The molecule has 1 aromatic carbocycles. The molecule has 3 rings (SSSR count). The van der Waals surface area contributed by atoms with Gasteiger partial charge in [0.05, 0.1) is 0 Å². The minimum absolute atomic E-state index is 0.0757. The summed E-state index contributed by atoms with van der Waals surface area (Å²) in [4.78, 5) is 15.9. The smallest absolute Gasteiger partial charge is 0.249 e. The Morgan fingerprint density at radius 1 is 1.20 bits per heavy atom. The van der Waals surface area contributed by atoms with Crippen LogP contribution in [0.2, 0.25) is 0 Å². The molecular formula is C17H18N4O3S. The van der Waals surface area contributed by atoms with Crippen molar-refractivity contribution in [1.82, 2.24) is 14.6 Å². The van der Waals surface area contributed by atoms with Crippen molar-refractivity contribution in [3.05, 3.63) is 47.7 Å². The lowest BCUT2D eigenvalue weighted by Crippen LogP contribution is -2.22. The van der Waals surface area contributed by atoms with Crippen LogP contribution in [-0.4, -0.2) is 40.9 Å². The molecule has 0 aliphatic heterocycles. The summed E-state index contributed by atoms with van der Waals surface area (Å²) in [6.45, 7) is 4.07. The molecule has 8 heteroatoms. The van der Waals surface area contributed by atoms with Crippen molar-refractivity contribution >= 4 is 27.3 Å². The van der Waals surface area contributed by atoms with Gasteiger partial charge in [-0.25, -0.2) is 12.9 Å². The number of aromatic nitrogens is 3. The Morgan fingerprint density at radius 2 is 1.96 bits per heavy atom. The number of rotatable bonds is 4. The number of nitrogens with zero attached hydrogens (tertiary/aromatic N) is 3. The van der Waals surface area contributed by atoms with Gasteiger partial charge in [-0.15, -0.1) is 5.10 Å². The van der Waals surface area contributed by atoms with Crippen molar-refractivity contribution in [2.75, 3.05) is 17.3 Å².